The van der Waals surface area contributed by atoms with Crippen LogP contribution < -0.4 is 0 Å². The summed E-state index contributed by atoms with van der Waals surface area (Å²) in [5, 5.41) is 6.07. The molecule has 0 unspecified atom stereocenters. The van der Waals surface area contributed by atoms with Crippen molar-refractivity contribution >= 4 is 33.0 Å². The minimum absolute atomic E-state index is 0.107. The number of thiophene rings is 1. The first-order chi connectivity index (χ1) is 7.16. The molecule has 0 aliphatic rings. The Balaban J connectivity index is 2.14. The lowest BCUT2D eigenvalue weighted by atomic mass is 10.2. The molecule has 0 aliphatic heterocycles. The molecule has 15 heavy (non-hydrogen) atoms. The minimum Gasteiger partial charge on any atom is -0.293 e. The number of hydrogen-bond acceptors (Lipinski definition) is 3. The Morgan fingerprint density at radius 3 is 2.93 bits per heavy atom. The van der Waals surface area contributed by atoms with E-state index in [-0.39, 0.29) is 5.78 Å². The van der Waals surface area contributed by atoms with Gasteiger partial charge in [-0.2, -0.15) is 5.10 Å². The van der Waals surface area contributed by atoms with Crippen LogP contribution in [0.5, 0.6) is 0 Å². The van der Waals surface area contributed by atoms with Gasteiger partial charge in [0.25, 0.3) is 0 Å². The van der Waals surface area contributed by atoms with E-state index < -0.39 is 0 Å². The third-order valence-electron chi connectivity index (χ3n) is 1.98. The fourth-order valence-corrected chi connectivity index (χ4v) is 2.83. The van der Waals surface area contributed by atoms with Crippen LogP contribution in [0.25, 0.3) is 0 Å². The third kappa shape index (κ3) is 2.35. The van der Waals surface area contributed by atoms with Crippen LogP contribution in [0.2, 0.25) is 0 Å². The largest absolute Gasteiger partial charge is 0.293 e. The van der Waals surface area contributed by atoms with E-state index >= 15 is 0 Å². The van der Waals surface area contributed by atoms with Gasteiger partial charge in [0, 0.05) is 17.7 Å². The number of hydrogen-bond donors (Lipinski definition) is 0. The molecule has 0 atom stereocenters. The topological polar surface area (TPSA) is 34.9 Å². The third-order valence-corrected chi connectivity index (χ3v) is 3.86. The maximum atomic E-state index is 11.8. The summed E-state index contributed by atoms with van der Waals surface area (Å²) in [4.78, 5) is 12.6. The molecule has 78 valence electrons. The SMILES string of the molecule is Cn1ccc(CC(=O)c2sccc2Br)n1. The Morgan fingerprint density at radius 2 is 2.40 bits per heavy atom. The molecular formula is C10H9BrN2OS. The van der Waals surface area contributed by atoms with E-state index in [9.17, 15) is 4.79 Å². The molecule has 0 saturated carbocycles. The molecule has 0 amide bonds. The number of nitrogens with zero attached hydrogens (tertiary/aromatic N) is 2. The second-order valence-electron chi connectivity index (χ2n) is 3.18. The van der Waals surface area contributed by atoms with Crippen LogP contribution in [0.4, 0.5) is 0 Å². The summed E-state index contributed by atoms with van der Waals surface area (Å²) >= 11 is 4.80. The zero-order chi connectivity index (χ0) is 10.8. The molecule has 0 spiro atoms. The highest BCUT2D eigenvalue weighted by Crippen LogP contribution is 2.23. The van der Waals surface area contributed by atoms with Crippen molar-refractivity contribution in [3.05, 3.63) is 38.8 Å². The maximum Gasteiger partial charge on any atom is 0.179 e. The molecule has 2 rings (SSSR count). The first-order valence-electron chi connectivity index (χ1n) is 4.41. The number of rotatable bonds is 3. The van der Waals surface area contributed by atoms with Gasteiger partial charge < -0.3 is 0 Å². The van der Waals surface area contributed by atoms with Gasteiger partial charge in [0.05, 0.1) is 17.0 Å². The lowest BCUT2D eigenvalue weighted by Crippen LogP contribution is -2.03. The second-order valence-corrected chi connectivity index (χ2v) is 4.95. The van der Waals surface area contributed by atoms with Crippen molar-refractivity contribution in [2.45, 2.75) is 6.42 Å². The Labute approximate surface area is 99.9 Å². The summed E-state index contributed by atoms with van der Waals surface area (Å²) in [5.74, 6) is 0.107. The first kappa shape index (κ1) is 10.6. The zero-order valence-electron chi connectivity index (χ0n) is 8.11. The predicted octanol–water partition coefficient (Wildman–Crippen LogP) is 2.67. The molecule has 0 radical (unpaired) electrons. The predicted molar refractivity (Wildman–Crippen MR) is 63.3 cm³/mol. The van der Waals surface area contributed by atoms with Gasteiger partial charge in [0.15, 0.2) is 5.78 Å². The molecular weight excluding hydrogens is 276 g/mol. The summed E-state index contributed by atoms with van der Waals surface area (Å²) in [6.07, 6.45) is 2.20. The molecule has 3 nitrogen and oxygen atoms in total. The number of Topliss-reactive ketones (excluding diaryl/α,β-unsaturated/α-hetero) is 1. The Kier molecular flexibility index (Phi) is 3.02. The molecule has 0 saturated heterocycles. The fourth-order valence-electron chi connectivity index (χ4n) is 1.29. The average Bonchev–Trinajstić information content (AvgIpc) is 2.75. The Bertz CT molecular complexity index is 489. The molecule has 0 bridgehead atoms. The van der Waals surface area contributed by atoms with Gasteiger partial charge in [0.1, 0.15) is 0 Å². The lowest BCUT2D eigenvalue weighted by molar-refractivity contribution is 0.0995. The molecule has 0 N–H and O–H groups in total. The summed E-state index contributed by atoms with van der Waals surface area (Å²) in [5.41, 5.74) is 0.808. The molecule has 0 aromatic carbocycles. The van der Waals surface area contributed by atoms with E-state index in [0.717, 1.165) is 15.0 Å². The Morgan fingerprint density at radius 1 is 1.60 bits per heavy atom. The van der Waals surface area contributed by atoms with Crippen LogP contribution in [-0.4, -0.2) is 15.6 Å². The summed E-state index contributed by atoms with van der Waals surface area (Å²) in [6, 6.07) is 3.75. The normalized spacial score (nSPS) is 10.5. The monoisotopic (exact) mass is 284 g/mol. The molecule has 2 aromatic heterocycles. The second kappa shape index (κ2) is 4.28. The number of ketones is 1. The molecule has 0 aliphatic carbocycles. The van der Waals surface area contributed by atoms with Crippen molar-refractivity contribution in [2.75, 3.05) is 0 Å². The highest BCUT2D eigenvalue weighted by atomic mass is 79.9. The van der Waals surface area contributed by atoms with Gasteiger partial charge >= 0.3 is 0 Å². The van der Waals surface area contributed by atoms with Crippen molar-refractivity contribution in [3.63, 3.8) is 0 Å². The van der Waals surface area contributed by atoms with Gasteiger partial charge in [-0.15, -0.1) is 11.3 Å². The molecule has 2 heterocycles. The van der Waals surface area contributed by atoms with Crippen molar-refractivity contribution < 1.29 is 4.79 Å². The van der Waals surface area contributed by atoms with Gasteiger partial charge in [-0.1, -0.05) is 0 Å². The van der Waals surface area contributed by atoms with E-state index in [4.69, 9.17) is 0 Å². The number of carbonyl (C=O) groups excluding carboxylic acids is 1. The highest BCUT2D eigenvalue weighted by Gasteiger charge is 2.13. The van der Waals surface area contributed by atoms with Gasteiger partial charge in [-0.3, -0.25) is 9.48 Å². The average molecular weight is 285 g/mol. The van der Waals surface area contributed by atoms with E-state index in [1.165, 1.54) is 11.3 Å². The first-order valence-corrected chi connectivity index (χ1v) is 6.09. The molecule has 5 heteroatoms. The number of aryl methyl sites for hydroxylation is 1. The molecule has 2 aromatic rings. The minimum atomic E-state index is 0.107. The van der Waals surface area contributed by atoms with Crippen LogP contribution in [0.3, 0.4) is 0 Å². The quantitative estimate of drug-likeness (QED) is 0.813. The van der Waals surface area contributed by atoms with Crippen LogP contribution >= 0.6 is 27.3 Å². The van der Waals surface area contributed by atoms with E-state index in [1.54, 1.807) is 4.68 Å². The van der Waals surface area contributed by atoms with Crippen molar-refractivity contribution in [3.8, 4) is 0 Å². The highest BCUT2D eigenvalue weighted by molar-refractivity contribution is 9.10. The van der Waals surface area contributed by atoms with E-state index in [1.807, 2.05) is 30.8 Å². The standard InChI is InChI=1S/C10H9BrN2OS/c1-13-4-2-7(12-13)6-9(14)10-8(11)3-5-15-10/h2-5H,6H2,1H3. The summed E-state index contributed by atoms with van der Waals surface area (Å²) < 4.78 is 2.57. The zero-order valence-corrected chi connectivity index (χ0v) is 10.5. The van der Waals surface area contributed by atoms with Crippen molar-refractivity contribution in [1.29, 1.82) is 0 Å². The van der Waals surface area contributed by atoms with E-state index in [2.05, 4.69) is 21.0 Å². The van der Waals surface area contributed by atoms with E-state index in [0.29, 0.717) is 6.42 Å². The van der Waals surface area contributed by atoms with Crippen molar-refractivity contribution in [2.24, 2.45) is 7.05 Å². The van der Waals surface area contributed by atoms with Crippen molar-refractivity contribution in [1.82, 2.24) is 9.78 Å². The van der Waals surface area contributed by atoms with Crippen LogP contribution in [0.1, 0.15) is 15.4 Å². The van der Waals surface area contributed by atoms with Gasteiger partial charge in [-0.05, 0) is 33.4 Å². The molecule has 0 fully saturated rings. The number of carbonyl (C=O) groups is 1. The number of halogens is 1. The summed E-state index contributed by atoms with van der Waals surface area (Å²) in [6.45, 7) is 0. The Hall–Kier alpha value is -0.940. The lowest BCUT2D eigenvalue weighted by Gasteiger charge is -1.95. The maximum absolute atomic E-state index is 11.8. The number of aromatic nitrogens is 2. The van der Waals surface area contributed by atoms with Gasteiger partial charge in [-0.25, -0.2) is 0 Å². The van der Waals surface area contributed by atoms with Gasteiger partial charge in [0.2, 0.25) is 0 Å². The van der Waals surface area contributed by atoms with Crippen LogP contribution in [0.15, 0.2) is 28.2 Å². The smallest absolute Gasteiger partial charge is 0.179 e. The van der Waals surface area contributed by atoms with Crippen LogP contribution in [0, 0.1) is 0 Å². The summed E-state index contributed by atoms with van der Waals surface area (Å²) in [7, 11) is 1.84. The van der Waals surface area contributed by atoms with Crippen LogP contribution in [-0.2, 0) is 13.5 Å². The fraction of sp³-hybridized carbons (Fsp3) is 0.200.